The van der Waals surface area contributed by atoms with E-state index in [2.05, 4.69) is 5.32 Å². The summed E-state index contributed by atoms with van der Waals surface area (Å²) >= 11 is 5.95. The highest BCUT2D eigenvalue weighted by molar-refractivity contribution is 7.92. The second-order valence-corrected chi connectivity index (χ2v) is 7.83. The third-order valence-electron chi connectivity index (χ3n) is 3.50. The smallest absolute Gasteiger partial charge is 0.241 e. The molecule has 0 fully saturated rings. The largest absolute Gasteiger partial charge is 0.495 e. The topological polar surface area (TPSA) is 75.7 Å². The molecule has 0 bridgehead atoms. The van der Waals surface area contributed by atoms with Crippen molar-refractivity contribution >= 4 is 33.2 Å². The van der Waals surface area contributed by atoms with Crippen molar-refractivity contribution in [2.24, 2.45) is 0 Å². The number of rotatable bonds is 7. The van der Waals surface area contributed by atoms with Crippen LogP contribution in [0.4, 0.5) is 10.1 Å². The summed E-state index contributed by atoms with van der Waals surface area (Å²) in [5.74, 6) is -0.635. The fraction of sp³-hybridized carbons (Fsp3) is 0.235. The molecule has 2 rings (SSSR count). The Hall–Kier alpha value is -2.32. The molecule has 26 heavy (non-hydrogen) atoms. The van der Waals surface area contributed by atoms with Crippen molar-refractivity contribution in [2.75, 3.05) is 24.2 Å². The third kappa shape index (κ3) is 5.34. The number of ether oxygens (including phenoxy) is 1. The van der Waals surface area contributed by atoms with Gasteiger partial charge in [0.25, 0.3) is 0 Å². The quantitative estimate of drug-likeness (QED) is 0.775. The SMILES string of the molecule is COc1ccc(Cl)cc1N(CC(=O)NCc1ccc(F)cc1)S(C)(=O)=O. The fourth-order valence-electron chi connectivity index (χ4n) is 2.23. The van der Waals surface area contributed by atoms with Gasteiger partial charge in [-0.1, -0.05) is 23.7 Å². The second kappa shape index (κ2) is 8.37. The second-order valence-electron chi connectivity index (χ2n) is 5.49. The van der Waals surface area contributed by atoms with Gasteiger partial charge in [-0.05, 0) is 35.9 Å². The van der Waals surface area contributed by atoms with Gasteiger partial charge in [-0.15, -0.1) is 0 Å². The molecule has 6 nitrogen and oxygen atoms in total. The van der Waals surface area contributed by atoms with Crippen LogP contribution in [0, 0.1) is 5.82 Å². The Morgan fingerprint density at radius 2 is 1.88 bits per heavy atom. The Labute approximate surface area is 156 Å². The standard InChI is InChI=1S/C17H18ClFN2O4S/c1-25-16-8-5-13(18)9-15(16)21(26(2,23)24)11-17(22)20-10-12-3-6-14(19)7-4-12/h3-9H,10-11H2,1-2H3,(H,20,22). The first-order valence-corrected chi connectivity index (χ1v) is 9.75. The van der Waals surface area contributed by atoms with E-state index in [9.17, 15) is 17.6 Å². The van der Waals surface area contributed by atoms with Crippen LogP contribution in [0.25, 0.3) is 0 Å². The van der Waals surface area contributed by atoms with E-state index in [-0.39, 0.29) is 23.8 Å². The van der Waals surface area contributed by atoms with Gasteiger partial charge in [0.1, 0.15) is 18.1 Å². The first-order valence-electron chi connectivity index (χ1n) is 7.53. The monoisotopic (exact) mass is 400 g/mol. The van der Waals surface area contributed by atoms with Crippen LogP contribution in [0.1, 0.15) is 5.56 Å². The summed E-state index contributed by atoms with van der Waals surface area (Å²) in [6.07, 6.45) is 0.987. The number of methoxy groups -OCH3 is 1. The number of amides is 1. The van der Waals surface area contributed by atoms with Gasteiger partial charge in [0.05, 0.1) is 19.1 Å². The van der Waals surface area contributed by atoms with Crippen molar-refractivity contribution in [1.29, 1.82) is 0 Å². The Morgan fingerprint density at radius 3 is 2.46 bits per heavy atom. The summed E-state index contributed by atoms with van der Waals surface area (Å²) in [6.45, 7) is -0.305. The predicted molar refractivity (Wildman–Crippen MR) is 98.4 cm³/mol. The highest BCUT2D eigenvalue weighted by atomic mass is 35.5. The van der Waals surface area contributed by atoms with E-state index in [4.69, 9.17) is 16.3 Å². The summed E-state index contributed by atoms with van der Waals surface area (Å²) in [5, 5.41) is 2.91. The lowest BCUT2D eigenvalue weighted by molar-refractivity contribution is -0.119. The van der Waals surface area contributed by atoms with E-state index < -0.39 is 22.5 Å². The Balaban J connectivity index is 2.17. The first kappa shape index (κ1) is 20.0. The van der Waals surface area contributed by atoms with E-state index >= 15 is 0 Å². The Bertz CT molecular complexity index is 888. The van der Waals surface area contributed by atoms with E-state index in [1.807, 2.05) is 0 Å². The van der Waals surface area contributed by atoms with Crippen molar-refractivity contribution in [1.82, 2.24) is 5.32 Å². The molecule has 0 aliphatic carbocycles. The highest BCUT2D eigenvalue weighted by Crippen LogP contribution is 2.32. The zero-order valence-corrected chi connectivity index (χ0v) is 15.8. The molecule has 1 N–H and O–H groups in total. The predicted octanol–water partition coefficient (Wildman–Crippen LogP) is 2.57. The summed E-state index contributed by atoms with van der Waals surface area (Å²) in [4.78, 5) is 12.2. The Kier molecular flexibility index (Phi) is 6.44. The van der Waals surface area contributed by atoms with Crippen molar-refractivity contribution in [2.45, 2.75) is 6.54 Å². The first-order chi connectivity index (χ1) is 12.2. The van der Waals surface area contributed by atoms with Crippen molar-refractivity contribution < 1.29 is 22.3 Å². The zero-order chi connectivity index (χ0) is 19.3. The van der Waals surface area contributed by atoms with Crippen LogP contribution >= 0.6 is 11.6 Å². The van der Waals surface area contributed by atoms with Crippen LogP contribution in [-0.2, 0) is 21.4 Å². The van der Waals surface area contributed by atoms with Crippen LogP contribution in [-0.4, -0.2) is 34.2 Å². The van der Waals surface area contributed by atoms with Crippen molar-refractivity contribution in [3.63, 3.8) is 0 Å². The van der Waals surface area contributed by atoms with Crippen LogP contribution in [0.15, 0.2) is 42.5 Å². The van der Waals surface area contributed by atoms with Gasteiger partial charge in [0.2, 0.25) is 15.9 Å². The van der Waals surface area contributed by atoms with Gasteiger partial charge in [0.15, 0.2) is 0 Å². The van der Waals surface area contributed by atoms with E-state index in [1.165, 1.54) is 43.5 Å². The normalized spacial score (nSPS) is 11.1. The minimum absolute atomic E-state index is 0.142. The highest BCUT2D eigenvalue weighted by Gasteiger charge is 2.24. The van der Waals surface area contributed by atoms with Crippen molar-refractivity contribution in [3.05, 3.63) is 58.9 Å². The molecule has 0 unspecified atom stereocenters. The average Bonchev–Trinajstić information content (AvgIpc) is 2.58. The van der Waals surface area contributed by atoms with Gasteiger partial charge in [-0.25, -0.2) is 12.8 Å². The molecule has 0 saturated heterocycles. The van der Waals surface area contributed by atoms with Crippen LogP contribution < -0.4 is 14.4 Å². The molecule has 0 aromatic heterocycles. The third-order valence-corrected chi connectivity index (χ3v) is 4.86. The molecular weight excluding hydrogens is 383 g/mol. The molecule has 0 aliphatic heterocycles. The number of sulfonamides is 1. The number of hydrogen-bond donors (Lipinski definition) is 1. The number of nitrogens with zero attached hydrogens (tertiary/aromatic N) is 1. The minimum atomic E-state index is -3.77. The molecule has 2 aromatic rings. The molecule has 0 atom stereocenters. The molecule has 140 valence electrons. The van der Waals surface area contributed by atoms with Gasteiger partial charge in [-0.2, -0.15) is 0 Å². The summed E-state index contributed by atoms with van der Waals surface area (Å²) in [6, 6.07) is 10.1. The molecular formula is C17H18ClFN2O4S. The number of anilines is 1. The van der Waals surface area contributed by atoms with E-state index in [0.29, 0.717) is 10.6 Å². The van der Waals surface area contributed by atoms with Crippen LogP contribution in [0.2, 0.25) is 5.02 Å². The summed E-state index contributed by atoms with van der Waals surface area (Å²) in [5.41, 5.74) is 0.852. The lowest BCUT2D eigenvalue weighted by Crippen LogP contribution is -2.40. The maximum Gasteiger partial charge on any atom is 0.241 e. The lowest BCUT2D eigenvalue weighted by atomic mass is 10.2. The maximum absolute atomic E-state index is 12.9. The molecule has 1 amide bonds. The minimum Gasteiger partial charge on any atom is -0.495 e. The maximum atomic E-state index is 12.9. The molecule has 0 spiro atoms. The number of carbonyl (C=O) groups excluding carboxylic acids is 1. The summed E-state index contributed by atoms with van der Waals surface area (Å²) in [7, 11) is -2.38. The molecule has 9 heteroatoms. The molecule has 0 aliphatic rings. The molecule has 0 heterocycles. The number of nitrogens with one attached hydrogen (secondary N) is 1. The average molecular weight is 401 g/mol. The van der Waals surface area contributed by atoms with E-state index in [1.54, 1.807) is 6.07 Å². The van der Waals surface area contributed by atoms with E-state index in [0.717, 1.165) is 10.6 Å². The van der Waals surface area contributed by atoms with Crippen LogP contribution in [0.5, 0.6) is 5.75 Å². The molecule has 2 aromatic carbocycles. The number of benzene rings is 2. The van der Waals surface area contributed by atoms with Gasteiger partial charge >= 0.3 is 0 Å². The van der Waals surface area contributed by atoms with Crippen molar-refractivity contribution in [3.8, 4) is 5.75 Å². The van der Waals surface area contributed by atoms with Gasteiger partial charge in [-0.3, -0.25) is 9.10 Å². The fourth-order valence-corrected chi connectivity index (χ4v) is 3.25. The molecule has 0 radical (unpaired) electrons. The molecule has 0 saturated carbocycles. The Morgan fingerprint density at radius 1 is 1.23 bits per heavy atom. The number of carbonyl (C=O) groups is 1. The lowest BCUT2D eigenvalue weighted by Gasteiger charge is -2.24. The number of halogens is 2. The zero-order valence-electron chi connectivity index (χ0n) is 14.2. The van der Waals surface area contributed by atoms with Gasteiger partial charge in [0, 0.05) is 11.6 Å². The summed E-state index contributed by atoms with van der Waals surface area (Å²) < 4.78 is 43.3. The number of hydrogen-bond acceptors (Lipinski definition) is 4. The van der Waals surface area contributed by atoms with Gasteiger partial charge < -0.3 is 10.1 Å². The van der Waals surface area contributed by atoms with Crippen LogP contribution in [0.3, 0.4) is 0 Å².